The van der Waals surface area contributed by atoms with Gasteiger partial charge in [0.2, 0.25) is 5.92 Å². The number of rotatable bonds is 6. The summed E-state index contributed by atoms with van der Waals surface area (Å²) in [5, 5.41) is 37.5. The van der Waals surface area contributed by atoms with E-state index < -0.39 is 83.0 Å². The van der Waals surface area contributed by atoms with Gasteiger partial charge in [-0.3, -0.25) is 9.67 Å². The Balaban J connectivity index is 1.34. The highest BCUT2D eigenvalue weighted by molar-refractivity contribution is 8.00. The number of pyridine rings is 1. The average molecular weight is 648 g/mol. The van der Waals surface area contributed by atoms with Crippen molar-refractivity contribution in [3.05, 3.63) is 71.0 Å². The maximum atomic E-state index is 14.1. The maximum Gasteiger partial charge on any atom is 0.248 e. The molecule has 0 radical (unpaired) electrons. The fourth-order valence-electron chi connectivity index (χ4n) is 5.94. The fraction of sp³-hybridized carbons (Fsp3) is 0.500. The number of fused-ring (bicyclic) bond motifs is 1. The molecule has 8 nitrogen and oxygen atoms in total. The highest BCUT2D eigenvalue weighted by atomic mass is 35.5. The van der Waals surface area contributed by atoms with Crippen LogP contribution in [0.15, 0.2) is 42.9 Å². The van der Waals surface area contributed by atoms with E-state index in [2.05, 4.69) is 10.1 Å². The molecule has 0 amide bonds. The van der Waals surface area contributed by atoms with Crippen LogP contribution in [0.2, 0.25) is 5.02 Å². The number of thioether (sulfide) groups is 1. The van der Waals surface area contributed by atoms with Crippen LogP contribution in [0.25, 0.3) is 11.1 Å². The molecule has 2 saturated heterocycles. The predicted molar refractivity (Wildman–Crippen MR) is 145 cm³/mol. The maximum absolute atomic E-state index is 14.1. The zero-order chi connectivity index (χ0) is 30.7. The highest BCUT2D eigenvalue weighted by Gasteiger charge is 2.56. The summed E-state index contributed by atoms with van der Waals surface area (Å²) < 4.78 is 82.7. The molecular formula is C28H27ClF5N3O5S. The van der Waals surface area contributed by atoms with E-state index in [9.17, 15) is 37.3 Å². The number of aromatic nitrogens is 3. The van der Waals surface area contributed by atoms with E-state index in [0.717, 1.165) is 23.9 Å². The van der Waals surface area contributed by atoms with Gasteiger partial charge in [-0.25, -0.2) is 22.0 Å². The molecule has 6 rings (SSSR count). The molecule has 43 heavy (non-hydrogen) atoms. The molecule has 2 aromatic heterocycles. The van der Waals surface area contributed by atoms with Crippen molar-refractivity contribution >= 4 is 23.4 Å². The van der Waals surface area contributed by atoms with Gasteiger partial charge < -0.3 is 24.8 Å². The van der Waals surface area contributed by atoms with Crippen molar-refractivity contribution in [3.63, 3.8) is 0 Å². The summed E-state index contributed by atoms with van der Waals surface area (Å²) in [5.41, 5.74) is -2.40. The van der Waals surface area contributed by atoms with Crippen LogP contribution in [-0.4, -0.2) is 78.1 Å². The van der Waals surface area contributed by atoms with E-state index >= 15 is 0 Å². The van der Waals surface area contributed by atoms with Gasteiger partial charge in [-0.15, -0.1) is 11.8 Å². The standard InChI is InChI=1S/C28H27ClF5N3O5S/c29-15-2-1-7-35-20(15)25(27(40)3-5-28(33,34)6-4-27)43-26-22(39)21(24-23(42-26)18(38)12-41-24)37-11-14(10-36-37)13-8-16(30)19(32)17(31)9-13/h1-2,7-11,18,21-26,38-40H,3-6,12H2/t18?,21?,22?,23?,24-,25-,26+/m1/s1. The molecule has 3 N–H and O–H groups in total. The first-order valence-electron chi connectivity index (χ1n) is 13.6. The third-order valence-electron chi connectivity index (χ3n) is 8.28. The Bertz CT molecular complexity index is 1470. The zero-order valence-electron chi connectivity index (χ0n) is 22.3. The van der Waals surface area contributed by atoms with Crippen LogP contribution < -0.4 is 0 Å². The number of hydrogen-bond donors (Lipinski definition) is 3. The number of alkyl halides is 2. The molecule has 4 unspecified atom stereocenters. The summed E-state index contributed by atoms with van der Waals surface area (Å²) in [6.45, 7) is -0.118. The lowest BCUT2D eigenvalue weighted by Gasteiger charge is -2.46. The van der Waals surface area contributed by atoms with Gasteiger partial charge in [0.1, 0.15) is 35.9 Å². The average Bonchev–Trinajstić information content (AvgIpc) is 3.60. The SMILES string of the molecule is OC1CO[C@H]2C1O[C@@H](S[C@H](c1ncccc1Cl)C1(O)CCC(F)(F)CC1)C(O)C2n1cc(-c2cc(F)c(F)c(F)c2)cn1. The van der Waals surface area contributed by atoms with Crippen molar-refractivity contribution < 1.29 is 46.7 Å². The molecular weight excluding hydrogens is 621 g/mol. The molecule has 0 bridgehead atoms. The molecule has 7 atom stereocenters. The van der Waals surface area contributed by atoms with Crippen LogP contribution in [0, 0.1) is 17.5 Å². The lowest BCUT2D eigenvalue weighted by molar-refractivity contribution is -0.162. The van der Waals surface area contributed by atoms with Gasteiger partial charge >= 0.3 is 0 Å². The lowest BCUT2D eigenvalue weighted by atomic mass is 9.79. The van der Waals surface area contributed by atoms with Gasteiger partial charge in [-0.2, -0.15) is 5.10 Å². The lowest BCUT2D eigenvalue weighted by Crippen LogP contribution is -2.55. The summed E-state index contributed by atoms with van der Waals surface area (Å²) in [5.74, 6) is -7.32. The van der Waals surface area contributed by atoms with E-state index in [0.29, 0.717) is 0 Å². The van der Waals surface area contributed by atoms with Crippen molar-refractivity contribution in [1.29, 1.82) is 0 Å². The molecule has 15 heteroatoms. The Labute approximate surface area is 251 Å². The molecule has 2 aliphatic heterocycles. The first-order chi connectivity index (χ1) is 20.4. The second-order valence-corrected chi connectivity index (χ2v) is 12.7. The van der Waals surface area contributed by atoms with Gasteiger partial charge in [-0.05, 0) is 42.7 Å². The zero-order valence-corrected chi connectivity index (χ0v) is 23.9. The largest absolute Gasteiger partial charge is 0.388 e. The smallest absolute Gasteiger partial charge is 0.248 e. The minimum absolute atomic E-state index is 0.000213. The second-order valence-electron chi connectivity index (χ2n) is 11.1. The van der Waals surface area contributed by atoms with Crippen molar-refractivity contribution in [1.82, 2.24) is 14.8 Å². The number of nitrogens with zero attached hydrogens (tertiary/aromatic N) is 3. The molecule has 0 spiro atoms. The normalized spacial score (nSPS) is 30.6. The predicted octanol–water partition coefficient (Wildman–Crippen LogP) is 4.82. The topological polar surface area (TPSA) is 110 Å². The molecule has 1 aliphatic carbocycles. The van der Waals surface area contributed by atoms with E-state index in [-0.39, 0.29) is 41.3 Å². The number of aliphatic hydroxyl groups is 3. The van der Waals surface area contributed by atoms with Crippen LogP contribution in [0.3, 0.4) is 0 Å². The van der Waals surface area contributed by atoms with E-state index in [4.69, 9.17) is 21.1 Å². The van der Waals surface area contributed by atoms with Gasteiger partial charge in [0, 0.05) is 30.8 Å². The third kappa shape index (κ3) is 5.78. The Kier molecular flexibility index (Phi) is 8.24. The van der Waals surface area contributed by atoms with Crippen LogP contribution >= 0.6 is 23.4 Å². The van der Waals surface area contributed by atoms with Crippen molar-refractivity contribution in [2.75, 3.05) is 6.61 Å². The first kappa shape index (κ1) is 30.7. The van der Waals surface area contributed by atoms with Crippen LogP contribution in [0.4, 0.5) is 22.0 Å². The molecule has 4 heterocycles. The first-order valence-corrected chi connectivity index (χ1v) is 14.9. The summed E-state index contributed by atoms with van der Waals surface area (Å²) in [4.78, 5) is 4.32. The number of benzene rings is 1. The van der Waals surface area contributed by atoms with Gasteiger partial charge in [0.25, 0.3) is 0 Å². The van der Waals surface area contributed by atoms with Crippen LogP contribution in [0.5, 0.6) is 0 Å². The Morgan fingerprint density at radius 2 is 1.74 bits per heavy atom. The Hall–Kier alpha value is -2.33. The van der Waals surface area contributed by atoms with Crippen LogP contribution in [-0.2, 0) is 9.47 Å². The number of halogens is 6. The Morgan fingerprint density at radius 1 is 1.05 bits per heavy atom. The number of aliphatic hydroxyl groups excluding tert-OH is 2. The molecule has 3 aromatic rings. The van der Waals surface area contributed by atoms with Crippen molar-refractivity contribution in [2.45, 2.75) is 78.4 Å². The molecule has 1 aromatic carbocycles. The second kappa shape index (κ2) is 11.5. The molecule has 3 fully saturated rings. The highest BCUT2D eigenvalue weighted by Crippen LogP contribution is 2.54. The Morgan fingerprint density at radius 3 is 2.42 bits per heavy atom. The van der Waals surface area contributed by atoms with E-state index in [1.807, 2.05) is 0 Å². The number of ether oxygens (including phenoxy) is 2. The van der Waals surface area contributed by atoms with Crippen LogP contribution in [0.1, 0.15) is 42.7 Å². The number of hydrogen-bond acceptors (Lipinski definition) is 8. The minimum atomic E-state index is -2.94. The summed E-state index contributed by atoms with van der Waals surface area (Å²) in [6.07, 6.45) is -1.87. The van der Waals surface area contributed by atoms with E-state index in [1.165, 1.54) is 23.3 Å². The summed E-state index contributed by atoms with van der Waals surface area (Å²) >= 11 is 7.39. The molecule has 3 aliphatic rings. The summed E-state index contributed by atoms with van der Waals surface area (Å²) in [7, 11) is 0. The third-order valence-corrected chi connectivity index (χ3v) is 10.2. The fourth-order valence-corrected chi connectivity index (χ4v) is 7.83. The van der Waals surface area contributed by atoms with Crippen molar-refractivity contribution in [2.24, 2.45) is 0 Å². The van der Waals surface area contributed by atoms with Gasteiger partial charge in [0.05, 0.1) is 34.4 Å². The molecule has 1 saturated carbocycles. The summed E-state index contributed by atoms with van der Waals surface area (Å²) in [6, 6.07) is 3.76. The minimum Gasteiger partial charge on any atom is -0.388 e. The molecule has 232 valence electrons. The van der Waals surface area contributed by atoms with E-state index in [1.54, 1.807) is 12.1 Å². The monoisotopic (exact) mass is 647 g/mol. The van der Waals surface area contributed by atoms with Gasteiger partial charge in [0.15, 0.2) is 17.5 Å². The van der Waals surface area contributed by atoms with Crippen molar-refractivity contribution in [3.8, 4) is 11.1 Å². The van der Waals surface area contributed by atoms with Gasteiger partial charge in [-0.1, -0.05) is 11.6 Å². The quantitative estimate of drug-likeness (QED) is 0.258.